The molecule has 0 aromatic heterocycles. The van der Waals surface area contributed by atoms with Gasteiger partial charge in [0.2, 0.25) is 0 Å². The molecule has 0 aliphatic carbocycles. The van der Waals surface area contributed by atoms with Gasteiger partial charge < -0.3 is 9.47 Å². The van der Waals surface area contributed by atoms with Crippen LogP contribution in [-0.4, -0.2) is 23.6 Å². The minimum Gasteiger partial charge on any atom is -0.443 e. The quantitative estimate of drug-likeness (QED) is 0.844. The van der Waals surface area contributed by atoms with Crippen molar-refractivity contribution in [3.63, 3.8) is 0 Å². The smallest absolute Gasteiger partial charge is 0.422 e. The molecule has 0 bridgehead atoms. The number of rotatable bonds is 2. The Morgan fingerprint density at radius 3 is 2.24 bits per heavy atom. The molecular formula is C14H16ClNO5. The van der Waals surface area contributed by atoms with E-state index in [-0.39, 0.29) is 16.6 Å². The second-order valence-corrected chi connectivity index (χ2v) is 5.62. The van der Waals surface area contributed by atoms with Crippen LogP contribution in [-0.2, 0) is 4.74 Å². The van der Waals surface area contributed by atoms with Gasteiger partial charge in [-0.05, 0) is 45.9 Å². The van der Waals surface area contributed by atoms with E-state index in [2.05, 4.69) is 0 Å². The van der Waals surface area contributed by atoms with Crippen molar-refractivity contribution < 1.29 is 23.9 Å². The van der Waals surface area contributed by atoms with Crippen LogP contribution < -0.4 is 10.1 Å². The molecule has 21 heavy (non-hydrogen) atoms. The van der Waals surface area contributed by atoms with Crippen LogP contribution in [0.15, 0.2) is 18.2 Å². The Balaban J connectivity index is 2.67. The van der Waals surface area contributed by atoms with Crippen LogP contribution in [0.3, 0.4) is 0 Å². The zero-order chi connectivity index (χ0) is 16.2. The predicted octanol–water partition coefficient (Wildman–Crippen LogP) is 3.57. The van der Waals surface area contributed by atoms with Gasteiger partial charge in [-0.2, -0.15) is 0 Å². The summed E-state index contributed by atoms with van der Waals surface area (Å²) >= 11 is 5.89. The third-order valence-electron chi connectivity index (χ3n) is 2.14. The number of benzene rings is 1. The number of carbonyl (C=O) groups excluding carboxylic acids is 3. The van der Waals surface area contributed by atoms with Crippen LogP contribution >= 0.6 is 11.6 Å². The lowest BCUT2D eigenvalue weighted by molar-refractivity contribution is 0.0533. The van der Waals surface area contributed by atoms with Gasteiger partial charge in [-0.25, -0.2) is 14.9 Å². The van der Waals surface area contributed by atoms with E-state index >= 15 is 0 Å². The molecule has 0 heterocycles. The topological polar surface area (TPSA) is 81.7 Å². The fraction of sp³-hybridized carbons (Fsp3) is 0.357. The molecular weight excluding hydrogens is 298 g/mol. The average Bonchev–Trinajstić information content (AvgIpc) is 2.28. The molecule has 0 aliphatic heterocycles. The third kappa shape index (κ3) is 5.83. The molecule has 0 saturated heterocycles. The van der Waals surface area contributed by atoms with E-state index in [9.17, 15) is 14.4 Å². The second kappa shape index (κ2) is 6.58. The molecule has 0 saturated carbocycles. The molecule has 1 N–H and O–H groups in total. The average molecular weight is 314 g/mol. The number of alkyl carbamates (subject to hydrolysis) is 1. The van der Waals surface area contributed by atoms with E-state index in [0.717, 1.165) is 0 Å². The fourth-order valence-corrected chi connectivity index (χ4v) is 1.53. The van der Waals surface area contributed by atoms with Crippen molar-refractivity contribution >= 4 is 29.6 Å². The number of hydrogen-bond acceptors (Lipinski definition) is 5. The number of nitrogens with one attached hydrogen (secondary N) is 1. The largest absolute Gasteiger partial charge is 0.443 e. The summed E-state index contributed by atoms with van der Waals surface area (Å²) in [6.45, 7) is 6.38. The molecule has 1 rings (SSSR count). The summed E-state index contributed by atoms with van der Waals surface area (Å²) in [5, 5.41) is 1.99. The minimum atomic E-state index is -1.03. The normalized spacial score (nSPS) is 10.7. The van der Waals surface area contributed by atoms with Crippen molar-refractivity contribution in [2.24, 2.45) is 0 Å². The number of imide groups is 1. The summed E-state index contributed by atoms with van der Waals surface area (Å²) < 4.78 is 9.77. The summed E-state index contributed by atoms with van der Waals surface area (Å²) in [5.74, 6) is -0.135. The Hall–Kier alpha value is -2.08. The van der Waals surface area contributed by atoms with Gasteiger partial charge in [-0.15, -0.1) is 0 Å². The van der Waals surface area contributed by atoms with Crippen LogP contribution in [0.1, 0.15) is 38.1 Å². The standard InChI is InChI=1S/C14H16ClNO5/c1-8(17)9-5-6-11(10(15)7-9)20-12(18)16-13(19)21-14(2,3)4/h5-7H,1-4H3,(H,16,18,19). The Bertz CT molecular complexity index is 577. The highest BCUT2D eigenvalue weighted by molar-refractivity contribution is 6.32. The van der Waals surface area contributed by atoms with Crippen LogP contribution in [0.25, 0.3) is 0 Å². The molecule has 1 aromatic carbocycles. The molecule has 114 valence electrons. The summed E-state index contributed by atoms with van der Waals surface area (Å²) in [4.78, 5) is 34.1. The van der Waals surface area contributed by atoms with Crippen molar-refractivity contribution in [2.75, 3.05) is 0 Å². The summed E-state index contributed by atoms with van der Waals surface area (Å²) in [7, 11) is 0. The Morgan fingerprint density at radius 1 is 1.14 bits per heavy atom. The molecule has 0 spiro atoms. The summed E-state index contributed by atoms with van der Waals surface area (Å²) in [5.41, 5.74) is -0.342. The zero-order valence-corrected chi connectivity index (χ0v) is 12.9. The molecule has 0 atom stereocenters. The highest BCUT2D eigenvalue weighted by Crippen LogP contribution is 2.25. The Morgan fingerprint density at radius 2 is 1.76 bits per heavy atom. The van der Waals surface area contributed by atoms with Gasteiger partial charge in [0, 0.05) is 5.56 Å². The molecule has 2 amide bonds. The first-order valence-electron chi connectivity index (χ1n) is 6.11. The highest BCUT2D eigenvalue weighted by atomic mass is 35.5. The number of Topliss-reactive ketones (excluding diaryl/α,β-unsaturated/α-hetero) is 1. The maximum absolute atomic E-state index is 11.5. The Kier molecular flexibility index (Phi) is 5.32. The molecule has 1 aromatic rings. The van der Waals surface area contributed by atoms with Gasteiger partial charge in [0.05, 0.1) is 5.02 Å². The van der Waals surface area contributed by atoms with Crippen molar-refractivity contribution in [1.29, 1.82) is 0 Å². The molecule has 6 nitrogen and oxygen atoms in total. The minimum absolute atomic E-state index is 0.0303. The van der Waals surface area contributed by atoms with Gasteiger partial charge in [0.1, 0.15) is 5.60 Å². The fourth-order valence-electron chi connectivity index (χ4n) is 1.31. The van der Waals surface area contributed by atoms with Crippen LogP contribution in [0.4, 0.5) is 9.59 Å². The zero-order valence-electron chi connectivity index (χ0n) is 12.2. The number of ketones is 1. The van der Waals surface area contributed by atoms with Gasteiger partial charge in [-0.3, -0.25) is 4.79 Å². The Labute approximate surface area is 127 Å². The van der Waals surface area contributed by atoms with Gasteiger partial charge in [0.25, 0.3) is 0 Å². The molecule has 0 fully saturated rings. The number of amides is 2. The first kappa shape index (κ1) is 17.0. The highest BCUT2D eigenvalue weighted by Gasteiger charge is 2.19. The number of carbonyl (C=O) groups is 3. The third-order valence-corrected chi connectivity index (χ3v) is 2.44. The van der Waals surface area contributed by atoms with E-state index in [4.69, 9.17) is 21.1 Å². The summed E-state index contributed by atoms with van der Waals surface area (Å²) in [6.07, 6.45) is -1.95. The van der Waals surface area contributed by atoms with Gasteiger partial charge >= 0.3 is 12.2 Å². The van der Waals surface area contributed by atoms with E-state index in [0.29, 0.717) is 5.56 Å². The van der Waals surface area contributed by atoms with Crippen LogP contribution in [0, 0.1) is 0 Å². The van der Waals surface area contributed by atoms with Crippen molar-refractivity contribution in [1.82, 2.24) is 5.32 Å². The van der Waals surface area contributed by atoms with Gasteiger partial charge in [0.15, 0.2) is 11.5 Å². The van der Waals surface area contributed by atoms with E-state index in [1.165, 1.54) is 25.1 Å². The van der Waals surface area contributed by atoms with Gasteiger partial charge in [-0.1, -0.05) is 11.6 Å². The lowest BCUT2D eigenvalue weighted by Gasteiger charge is -2.19. The molecule has 0 radical (unpaired) electrons. The van der Waals surface area contributed by atoms with Crippen molar-refractivity contribution in [3.05, 3.63) is 28.8 Å². The molecule has 7 heteroatoms. The summed E-state index contributed by atoms with van der Waals surface area (Å²) in [6, 6.07) is 4.21. The van der Waals surface area contributed by atoms with Crippen molar-refractivity contribution in [2.45, 2.75) is 33.3 Å². The maximum Gasteiger partial charge on any atom is 0.422 e. The lowest BCUT2D eigenvalue weighted by Crippen LogP contribution is -2.37. The number of halogens is 1. The van der Waals surface area contributed by atoms with Crippen LogP contribution in [0.5, 0.6) is 5.75 Å². The van der Waals surface area contributed by atoms with E-state index < -0.39 is 17.8 Å². The van der Waals surface area contributed by atoms with E-state index in [1.54, 1.807) is 20.8 Å². The monoisotopic (exact) mass is 313 g/mol. The lowest BCUT2D eigenvalue weighted by atomic mass is 10.1. The number of ether oxygens (including phenoxy) is 2. The SMILES string of the molecule is CC(=O)c1ccc(OC(=O)NC(=O)OC(C)(C)C)c(Cl)c1. The first-order valence-corrected chi connectivity index (χ1v) is 6.48. The molecule has 0 unspecified atom stereocenters. The van der Waals surface area contributed by atoms with E-state index in [1.807, 2.05) is 5.32 Å². The first-order chi connectivity index (χ1) is 9.58. The molecule has 0 aliphatic rings. The number of hydrogen-bond donors (Lipinski definition) is 1. The second-order valence-electron chi connectivity index (χ2n) is 5.22. The predicted molar refractivity (Wildman–Crippen MR) is 76.9 cm³/mol. The van der Waals surface area contributed by atoms with Crippen LogP contribution in [0.2, 0.25) is 5.02 Å². The van der Waals surface area contributed by atoms with Crippen molar-refractivity contribution in [3.8, 4) is 5.75 Å². The maximum atomic E-state index is 11.5.